The first-order valence-electron chi connectivity index (χ1n) is 6.50. The Morgan fingerprint density at radius 1 is 0.789 bits per heavy atom. The van der Waals surface area contributed by atoms with Crippen molar-refractivity contribution in [2.24, 2.45) is 0 Å². The first-order chi connectivity index (χ1) is 9.34. The minimum Gasteiger partial charge on any atom is -0.120 e. The van der Waals surface area contributed by atoms with Crippen LogP contribution >= 0.6 is 11.8 Å². The molecule has 0 aliphatic rings. The van der Waals surface area contributed by atoms with Gasteiger partial charge in [0.15, 0.2) is 0 Å². The third-order valence-corrected chi connectivity index (χ3v) is 4.61. The highest BCUT2D eigenvalue weighted by Crippen LogP contribution is 2.33. The molecule has 19 heavy (non-hydrogen) atoms. The van der Waals surface area contributed by atoms with Crippen molar-refractivity contribution in [1.29, 1.82) is 0 Å². The van der Waals surface area contributed by atoms with Crippen LogP contribution < -0.4 is 0 Å². The summed E-state index contributed by atoms with van der Waals surface area (Å²) in [4.78, 5) is 1.40. The predicted molar refractivity (Wildman–Crippen MR) is 84.7 cm³/mol. The summed E-state index contributed by atoms with van der Waals surface area (Å²) >= 11 is 1.93. The number of aryl methyl sites for hydroxylation is 1. The van der Waals surface area contributed by atoms with E-state index in [1.54, 1.807) is 0 Å². The second-order valence-electron chi connectivity index (χ2n) is 4.71. The van der Waals surface area contributed by atoms with E-state index in [0.29, 0.717) is 0 Å². The number of hydrogen-bond acceptors (Lipinski definition) is 1. The van der Waals surface area contributed by atoms with Crippen LogP contribution in [0.5, 0.6) is 0 Å². The summed E-state index contributed by atoms with van der Waals surface area (Å²) in [5.41, 5.74) is 2.74. The van der Waals surface area contributed by atoms with Crippen molar-refractivity contribution in [1.82, 2.24) is 0 Å². The summed E-state index contributed by atoms with van der Waals surface area (Å²) in [5, 5.41) is 2.69. The first kappa shape index (κ1) is 12.3. The van der Waals surface area contributed by atoms with E-state index in [1.807, 2.05) is 11.8 Å². The molecule has 0 spiro atoms. The second-order valence-corrected chi connectivity index (χ2v) is 5.69. The van der Waals surface area contributed by atoms with Crippen LogP contribution in [0.25, 0.3) is 10.8 Å². The van der Waals surface area contributed by atoms with Gasteiger partial charge in [0.2, 0.25) is 0 Å². The predicted octanol–water partition coefficient (Wildman–Crippen LogP) is 5.44. The van der Waals surface area contributed by atoms with Crippen molar-refractivity contribution >= 4 is 22.5 Å². The largest absolute Gasteiger partial charge is 0.120 e. The molecule has 94 valence electrons. The van der Waals surface area contributed by atoms with Crippen molar-refractivity contribution in [3.8, 4) is 0 Å². The topological polar surface area (TPSA) is 0 Å². The van der Waals surface area contributed by atoms with Crippen molar-refractivity contribution < 1.29 is 0 Å². The van der Waals surface area contributed by atoms with Crippen molar-refractivity contribution in [2.75, 3.05) is 0 Å². The molecule has 0 N–H and O–H groups in total. The standard InChI is InChI=1S/C18H16S/c1-14-11-12-16-9-5-6-10-17(16)18(14)19-13-15-7-3-2-4-8-15/h2-12H,13H2,1H3. The fraction of sp³-hybridized carbons (Fsp3) is 0.111. The molecule has 0 atom stereocenters. The summed E-state index contributed by atoms with van der Waals surface area (Å²) in [6.07, 6.45) is 0. The number of hydrogen-bond donors (Lipinski definition) is 0. The highest BCUT2D eigenvalue weighted by atomic mass is 32.2. The van der Waals surface area contributed by atoms with Gasteiger partial charge in [-0.15, -0.1) is 11.8 Å². The van der Waals surface area contributed by atoms with Crippen LogP contribution in [0.3, 0.4) is 0 Å². The summed E-state index contributed by atoms with van der Waals surface area (Å²) in [6, 6.07) is 23.7. The summed E-state index contributed by atoms with van der Waals surface area (Å²) in [6.45, 7) is 2.19. The van der Waals surface area contributed by atoms with Gasteiger partial charge in [0.25, 0.3) is 0 Å². The second kappa shape index (κ2) is 5.50. The Bertz CT molecular complexity index is 686. The average molecular weight is 264 g/mol. The molecule has 0 aliphatic heterocycles. The Morgan fingerprint density at radius 3 is 2.37 bits per heavy atom. The maximum absolute atomic E-state index is 2.22. The molecule has 0 unspecified atom stereocenters. The van der Waals surface area contributed by atoms with E-state index in [1.165, 1.54) is 26.8 Å². The van der Waals surface area contributed by atoms with Crippen molar-refractivity contribution in [3.63, 3.8) is 0 Å². The Labute approximate surface area is 118 Å². The van der Waals surface area contributed by atoms with Crippen LogP contribution in [0.2, 0.25) is 0 Å². The van der Waals surface area contributed by atoms with Crippen LogP contribution in [0, 0.1) is 6.92 Å². The number of fused-ring (bicyclic) bond motifs is 1. The highest BCUT2D eigenvalue weighted by molar-refractivity contribution is 7.98. The molecular weight excluding hydrogens is 248 g/mol. The highest BCUT2D eigenvalue weighted by Gasteiger charge is 2.05. The summed E-state index contributed by atoms with van der Waals surface area (Å²) in [7, 11) is 0. The van der Waals surface area contributed by atoms with Crippen LogP contribution in [0.1, 0.15) is 11.1 Å². The fourth-order valence-electron chi connectivity index (χ4n) is 2.27. The Kier molecular flexibility index (Phi) is 3.56. The number of thioether (sulfide) groups is 1. The van der Waals surface area contributed by atoms with Crippen LogP contribution in [0.4, 0.5) is 0 Å². The quantitative estimate of drug-likeness (QED) is 0.567. The number of rotatable bonds is 3. The van der Waals surface area contributed by atoms with E-state index in [-0.39, 0.29) is 0 Å². The third-order valence-electron chi connectivity index (χ3n) is 3.30. The minimum atomic E-state index is 1.02. The van der Waals surface area contributed by atoms with E-state index in [0.717, 1.165) is 5.75 Å². The molecule has 0 bridgehead atoms. The Morgan fingerprint density at radius 2 is 1.53 bits per heavy atom. The summed E-state index contributed by atoms with van der Waals surface area (Å²) in [5.74, 6) is 1.02. The van der Waals surface area contributed by atoms with E-state index < -0.39 is 0 Å². The third kappa shape index (κ3) is 2.66. The normalized spacial score (nSPS) is 10.8. The van der Waals surface area contributed by atoms with Gasteiger partial charge in [-0.25, -0.2) is 0 Å². The van der Waals surface area contributed by atoms with Crippen LogP contribution in [-0.4, -0.2) is 0 Å². The molecule has 0 amide bonds. The molecule has 0 radical (unpaired) electrons. The van der Waals surface area contributed by atoms with Crippen molar-refractivity contribution in [2.45, 2.75) is 17.6 Å². The SMILES string of the molecule is Cc1ccc2ccccc2c1SCc1ccccc1. The molecule has 3 aromatic carbocycles. The Hall–Kier alpha value is -1.73. The van der Waals surface area contributed by atoms with Gasteiger partial charge in [-0.05, 0) is 28.8 Å². The molecule has 0 heterocycles. The number of benzene rings is 3. The van der Waals surface area contributed by atoms with Gasteiger partial charge < -0.3 is 0 Å². The molecular formula is C18H16S. The van der Waals surface area contributed by atoms with Gasteiger partial charge in [0.05, 0.1) is 0 Å². The average Bonchev–Trinajstić information content (AvgIpc) is 2.47. The Balaban J connectivity index is 1.94. The molecule has 0 aliphatic carbocycles. The van der Waals surface area contributed by atoms with Gasteiger partial charge in [0.1, 0.15) is 0 Å². The monoisotopic (exact) mass is 264 g/mol. The van der Waals surface area contributed by atoms with E-state index in [9.17, 15) is 0 Å². The molecule has 3 rings (SSSR count). The van der Waals surface area contributed by atoms with Gasteiger partial charge >= 0.3 is 0 Å². The molecule has 0 nitrogen and oxygen atoms in total. The summed E-state index contributed by atoms with van der Waals surface area (Å²) < 4.78 is 0. The minimum absolute atomic E-state index is 1.02. The van der Waals surface area contributed by atoms with E-state index in [2.05, 4.69) is 73.7 Å². The molecule has 0 fully saturated rings. The lowest BCUT2D eigenvalue weighted by molar-refractivity contribution is 1.33. The molecule has 0 aromatic heterocycles. The maximum Gasteiger partial charge on any atom is 0.0232 e. The van der Waals surface area contributed by atoms with Gasteiger partial charge in [0, 0.05) is 10.6 Å². The lowest BCUT2D eigenvalue weighted by Gasteiger charge is -2.10. The first-order valence-corrected chi connectivity index (χ1v) is 7.48. The smallest absolute Gasteiger partial charge is 0.0232 e. The fourth-order valence-corrected chi connectivity index (χ4v) is 3.41. The molecule has 0 saturated heterocycles. The maximum atomic E-state index is 2.22. The zero-order valence-corrected chi connectivity index (χ0v) is 11.8. The van der Waals surface area contributed by atoms with Gasteiger partial charge in [-0.2, -0.15) is 0 Å². The lowest BCUT2D eigenvalue weighted by atomic mass is 10.1. The lowest BCUT2D eigenvalue weighted by Crippen LogP contribution is -1.85. The van der Waals surface area contributed by atoms with Crippen LogP contribution in [0.15, 0.2) is 71.6 Å². The molecule has 1 heteroatoms. The molecule has 0 saturated carbocycles. The van der Waals surface area contributed by atoms with Gasteiger partial charge in [-0.1, -0.05) is 66.7 Å². The van der Waals surface area contributed by atoms with Crippen molar-refractivity contribution in [3.05, 3.63) is 77.9 Å². The zero-order chi connectivity index (χ0) is 13.1. The van der Waals surface area contributed by atoms with E-state index in [4.69, 9.17) is 0 Å². The molecule has 3 aromatic rings. The van der Waals surface area contributed by atoms with Crippen LogP contribution in [-0.2, 0) is 5.75 Å². The van der Waals surface area contributed by atoms with E-state index >= 15 is 0 Å². The zero-order valence-electron chi connectivity index (χ0n) is 11.0. The van der Waals surface area contributed by atoms with Gasteiger partial charge in [-0.3, -0.25) is 0 Å².